The molecule has 0 radical (unpaired) electrons. The number of rotatable bonds is 1. The van der Waals surface area contributed by atoms with Crippen molar-refractivity contribution in [1.29, 1.82) is 0 Å². The fourth-order valence-electron chi connectivity index (χ4n) is 1.76. The van der Waals surface area contributed by atoms with Crippen molar-refractivity contribution in [2.75, 3.05) is 0 Å². The summed E-state index contributed by atoms with van der Waals surface area (Å²) >= 11 is 6.00. The molecule has 0 aliphatic carbocycles. The van der Waals surface area contributed by atoms with Gasteiger partial charge in [-0.1, -0.05) is 11.6 Å². The highest BCUT2D eigenvalue weighted by atomic mass is 35.5. The molecule has 0 bridgehead atoms. The van der Waals surface area contributed by atoms with Gasteiger partial charge in [0.25, 0.3) is 0 Å². The summed E-state index contributed by atoms with van der Waals surface area (Å²) in [5.41, 5.74) is 9.82. The maximum Gasteiger partial charge on any atom is 0.0735 e. The number of hydrogen-bond donors (Lipinski definition) is 1. The lowest BCUT2D eigenvalue weighted by Crippen LogP contribution is -2.01. The second kappa shape index (κ2) is 3.80. The lowest BCUT2D eigenvalue weighted by molar-refractivity contribution is 1.02. The summed E-state index contributed by atoms with van der Waals surface area (Å²) in [4.78, 5) is 4.55. The Bertz CT molecular complexity index is 521. The zero-order valence-electron chi connectivity index (χ0n) is 8.84. The molecule has 2 nitrogen and oxygen atoms in total. The quantitative estimate of drug-likeness (QED) is 0.803. The van der Waals surface area contributed by atoms with Crippen LogP contribution in [-0.2, 0) is 6.54 Å². The number of pyridine rings is 1. The predicted molar refractivity (Wildman–Crippen MR) is 64.1 cm³/mol. The molecule has 2 rings (SSSR count). The van der Waals surface area contributed by atoms with E-state index in [1.807, 2.05) is 26.0 Å². The Balaban J connectivity index is 2.81. The Labute approximate surface area is 94.1 Å². The molecule has 0 spiro atoms. The molecule has 0 aliphatic heterocycles. The van der Waals surface area contributed by atoms with E-state index < -0.39 is 0 Å². The van der Waals surface area contributed by atoms with Crippen LogP contribution in [-0.4, -0.2) is 4.98 Å². The lowest BCUT2D eigenvalue weighted by Gasteiger charge is -2.07. The minimum Gasteiger partial charge on any atom is -0.326 e. The van der Waals surface area contributed by atoms with E-state index >= 15 is 0 Å². The summed E-state index contributed by atoms with van der Waals surface area (Å²) in [6, 6.07) is 5.92. The van der Waals surface area contributed by atoms with Crippen LogP contribution in [0.1, 0.15) is 16.8 Å². The van der Waals surface area contributed by atoms with Gasteiger partial charge in [-0.25, -0.2) is 0 Å². The van der Waals surface area contributed by atoms with Gasteiger partial charge in [0.15, 0.2) is 0 Å². The van der Waals surface area contributed by atoms with Crippen LogP contribution in [0.5, 0.6) is 0 Å². The summed E-state index contributed by atoms with van der Waals surface area (Å²) in [6.45, 7) is 4.51. The second-order valence-electron chi connectivity index (χ2n) is 3.73. The molecule has 0 unspecified atom stereocenters. The number of benzene rings is 1. The predicted octanol–water partition coefficient (Wildman–Crippen LogP) is 2.96. The SMILES string of the molecule is Cc1nc2c(C)cc(Cl)cc2cc1CN. The van der Waals surface area contributed by atoms with E-state index in [9.17, 15) is 0 Å². The van der Waals surface area contributed by atoms with Gasteiger partial charge in [0.05, 0.1) is 5.52 Å². The van der Waals surface area contributed by atoms with Crippen LogP contribution < -0.4 is 5.73 Å². The standard InChI is InChI=1S/C12H13ClN2/c1-7-3-11(13)5-9-4-10(6-14)8(2)15-12(7)9/h3-5H,6,14H2,1-2H3. The van der Waals surface area contributed by atoms with E-state index in [1.165, 1.54) is 0 Å². The number of aryl methyl sites for hydroxylation is 2. The van der Waals surface area contributed by atoms with Crippen LogP contribution in [0.3, 0.4) is 0 Å². The van der Waals surface area contributed by atoms with Gasteiger partial charge >= 0.3 is 0 Å². The van der Waals surface area contributed by atoms with Crippen LogP contribution in [0.15, 0.2) is 18.2 Å². The topological polar surface area (TPSA) is 38.9 Å². The largest absolute Gasteiger partial charge is 0.326 e. The van der Waals surface area contributed by atoms with Gasteiger partial charge in [0, 0.05) is 22.6 Å². The smallest absolute Gasteiger partial charge is 0.0735 e. The molecule has 2 aromatic rings. The van der Waals surface area contributed by atoms with Crippen molar-refractivity contribution >= 4 is 22.5 Å². The molecule has 3 heteroatoms. The van der Waals surface area contributed by atoms with E-state index in [0.29, 0.717) is 6.54 Å². The molecule has 0 atom stereocenters. The Kier molecular flexibility index (Phi) is 2.63. The second-order valence-corrected chi connectivity index (χ2v) is 4.17. The molecule has 2 N–H and O–H groups in total. The molecule has 0 amide bonds. The van der Waals surface area contributed by atoms with E-state index in [1.54, 1.807) is 0 Å². The van der Waals surface area contributed by atoms with Crippen molar-refractivity contribution in [2.45, 2.75) is 20.4 Å². The van der Waals surface area contributed by atoms with Crippen LogP contribution in [0.2, 0.25) is 5.02 Å². The highest BCUT2D eigenvalue weighted by molar-refractivity contribution is 6.31. The maximum absolute atomic E-state index is 6.00. The fraction of sp³-hybridized carbons (Fsp3) is 0.250. The molecule has 0 fully saturated rings. The number of aromatic nitrogens is 1. The van der Waals surface area contributed by atoms with Crippen molar-refractivity contribution in [2.24, 2.45) is 5.73 Å². The van der Waals surface area contributed by atoms with E-state index in [-0.39, 0.29) is 0 Å². The minimum atomic E-state index is 0.514. The first-order chi connectivity index (χ1) is 7.11. The normalized spacial score (nSPS) is 10.9. The zero-order valence-corrected chi connectivity index (χ0v) is 9.60. The van der Waals surface area contributed by atoms with Crippen molar-refractivity contribution in [1.82, 2.24) is 4.98 Å². The number of nitrogens with two attached hydrogens (primary N) is 1. The Morgan fingerprint density at radius 2 is 2.00 bits per heavy atom. The van der Waals surface area contributed by atoms with Crippen molar-refractivity contribution in [3.63, 3.8) is 0 Å². The average Bonchev–Trinajstić information content (AvgIpc) is 2.18. The number of fused-ring (bicyclic) bond motifs is 1. The number of nitrogens with zero attached hydrogens (tertiary/aromatic N) is 1. The third-order valence-corrected chi connectivity index (χ3v) is 2.81. The van der Waals surface area contributed by atoms with Crippen LogP contribution in [0.4, 0.5) is 0 Å². The first kappa shape index (κ1) is 10.4. The number of halogens is 1. The zero-order chi connectivity index (χ0) is 11.0. The molecule has 0 saturated carbocycles. The third-order valence-electron chi connectivity index (χ3n) is 2.59. The van der Waals surface area contributed by atoms with Gasteiger partial charge in [-0.2, -0.15) is 0 Å². The highest BCUT2D eigenvalue weighted by Crippen LogP contribution is 2.23. The van der Waals surface area contributed by atoms with Crippen LogP contribution >= 0.6 is 11.6 Å². The first-order valence-corrected chi connectivity index (χ1v) is 5.26. The Hall–Kier alpha value is -1.12. The van der Waals surface area contributed by atoms with Gasteiger partial charge in [0.1, 0.15) is 0 Å². The highest BCUT2D eigenvalue weighted by Gasteiger charge is 2.05. The van der Waals surface area contributed by atoms with Gasteiger partial charge in [-0.3, -0.25) is 4.98 Å². The third kappa shape index (κ3) is 1.83. The van der Waals surface area contributed by atoms with Gasteiger partial charge in [0.2, 0.25) is 0 Å². The summed E-state index contributed by atoms with van der Waals surface area (Å²) in [6.07, 6.45) is 0. The summed E-state index contributed by atoms with van der Waals surface area (Å²) < 4.78 is 0. The average molecular weight is 221 g/mol. The van der Waals surface area contributed by atoms with Crippen molar-refractivity contribution in [3.05, 3.63) is 40.0 Å². The number of hydrogen-bond acceptors (Lipinski definition) is 2. The molecule has 15 heavy (non-hydrogen) atoms. The fourth-order valence-corrected chi connectivity index (χ4v) is 2.04. The summed E-state index contributed by atoms with van der Waals surface area (Å²) in [7, 11) is 0. The first-order valence-electron chi connectivity index (χ1n) is 4.88. The minimum absolute atomic E-state index is 0.514. The van der Waals surface area contributed by atoms with Crippen LogP contribution in [0.25, 0.3) is 10.9 Å². The molecule has 0 saturated heterocycles. The molecule has 1 heterocycles. The Morgan fingerprint density at radius 1 is 1.27 bits per heavy atom. The lowest BCUT2D eigenvalue weighted by atomic mass is 10.1. The van der Waals surface area contributed by atoms with Crippen molar-refractivity contribution < 1.29 is 0 Å². The van der Waals surface area contributed by atoms with Gasteiger partial charge in [-0.15, -0.1) is 0 Å². The Morgan fingerprint density at radius 3 is 2.67 bits per heavy atom. The van der Waals surface area contributed by atoms with Crippen LogP contribution in [0, 0.1) is 13.8 Å². The monoisotopic (exact) mass is 220 g/mol. The maximum atomic E-state index is 6.00. The van der Waals surface area contributed by atoms with Gasteiger partial charge in [-0.05, 0) is 43.2 Å². The molecule has 0 aliphatic rings. The van der Waals surface area contributed by atoms with E-state index in [4.69, 9.17) is 17.3 Å². The van der Waals surface area contributed by atoms with E-state index in [2.05, 4.69) is 11.1 Å². The van der Waals surface area contributed by atoms with E-state index in [0.717, 1.165) is 32.7 Å². The molecule has 1 aromatic carbocycles. The van der Waals surface area contributed by atoms with Crippen molar-refractivity contribution in [3.8, 4) is 0 Å². The molecular weight excluding hydrogens is 208 g/mol. The molecule has 1 aromatic heterocycles. The summed E-state index contributed by atoms with van der Waals surface area (Å²) in [5, 5.41) is 1.81. The summed E-state index contributed by atoms with van der Waals surface area (Å²) in [5.74, 6) is 0. The van der Waals surface area contributed by atoms with Gasteiger partial charge < -0.3 is 5.73 Å². The molecule has 78 valence electrons. The molecular formula is C12H13ClN2.